The number of para-hydroxylation sites is 1. The fourth-order valence-electron chi connectivity index (χ4n) is 4.55. The highest BCUT2D eigenvalue weighted by atomic mass is 16.3. The van der Waals surface area contributed by atoms with Crippen molar-refractivity contribution < 1.29 is 13.7 Å². The van der Waals surface area contributed by atoms with E-state index in [0.717, 1.165) is 33.2 Å². The van der Waals surface area contributed by atoms with Crippen molar-refractivity contribution in [3.8, 4) is 22.6 Å². The molecule has 0 fully saturated rings. The number of rotatable bonds is 3. The first-order chi connectivity index (χ1) is 14.5. The van der Waals surface area contributed by atoms with Crippen LogP contribution in [0.3, 0.4) is 0 Å². The third-order valence-corrected chi connectivity index (χ3v) is 6.11. The highest BCUT2D eigenvalue weighted by Crippen LogP contribution is 2.37. The molecule has 2 aromatic carbocycles. The average Bonchev–Trinajstić information content (AvgIpc) is 3.29. The summed E-state index contributed by atoms with van der Waals surface area (Å²) < 4.78 is 13.1. The van der Waals surface area contributed by atoms with Gasteiger partial charge in [-0.2, -0.15) is 4.57 Å². The van der Waals surface area contributed by atoms with Crippen LogP contribution >= 0.6 is 0 Å². The predicted molar refractivity (Wildman–Crippen MR) is 120 cm³/mol. The number of pyridine rings is 1. The second-order valence-corrected chi connectivity index (χ2v) is 8.29. The van der Waals surface area contributed by atoms with Crippen molar-refractivity contribution >= 4 is 21.9 Å². The molecule has 3 heterocycles. The van der Waals surface area contributed by atoms with E-state index in [-0.39, 0.29) is 0 Å². The fourth-order valence-corrected chi connectivity index (χ4v) is 4.55. The van der Waals surface area contributed by atoms with Crippen LogP contribution in [0.5, 0.6) is 0 Å². The molecule has 4 heteroatoms. The van der Waals surface area contributed by atoms with Gasteiger partial charge in [-0.1, -0.05) is 30.3 Å². The molecule has 0 bridgehead atoms. The Morgan fingerprint density at radius 1 is 0.867 bits per heavy atom. The predicted octanol–water partition coefficient (Wildman–Crippen LogP) is 5.26. The van der Waals surface area contributed by atoms with Crippen LogP contribution in [0.25, 0.3) is 44.6 Å². The smallest absolute Gasteiger partial charge is 0.235 e. The number of fused-ring (bicyclic) bond motifs is 3. The van der Waals surface area contributed by atoms with E-state index in [1.54, 1.807) is 0 Å². The minimum absolute atomic E-state index is 0.406. The third-order valence-electron chi connectivity index (χ3n) is 6.11. The number of aromatic nitrogens is 3. The van der Waals surface area contributed by atoms with Gasteiger partial charge in [-0.05, 0) is 38.5 Å². The van der Waals surface area contributed by atoms with Crippen LogP contribution in [0.1, 0.15) is 25.5 Å². The Balaban J connectivity index is 1.78. The first-order valence-corrected chi connectivity index (χ1v) is 10.4. The van der Waals surface area contributed by atoms with Crippen molar-refractivity contribution in [1.29, 1.82) is 0 Å². The van der Waals surface area contributed by atoms with Gasteiger partial charge in [-0.15, -0.1) is 9.36 Å². The molecular weight excluding hydrogens is 370 g/mol. The summed E-state index contributed by atoms with van der Waals surface area (Å²) in [6.07, 6.45) is 2.15. The Morgan fingerprint density at radius 3 is 2.40 bits per heavy atom. The molecule has 3 aromatic heterocycles. The quantitative estimate of drug-likeness (QED) is 0.381. The summed E-state index contributed by atoms with van der Waals surface area (Å²) in [4.78, 5) is 0. The molecule has 0 saturated heterocycles. The molecule has 0 amide bonds. The lowest BCUT2D eigenvalue weighted by Gasteiger charge is -2.08. The number of benzene rings is 2. The van der Waals surface area contributed by atoms with E-state index in [4.69, 9.17) is 4.42 Å². The molecule has 0 aliphatic rings. The van der Waals surface area contributed by atoms with Crippen molar-refractivity contribution in [3.05, 3.63) is 72.4 Å². The van der Waals surface area contributed by atoms with E-state index in [0.29, 0.717) is 6.04 Å². The van der Waals surface area contributed by atoms with Crippen molar-refractivity contribution in [3.63, 3.8) is 0 Å². The summed E-state index contributed by atoms with van der Waals surface area (Å²) in [6, 6.07) is 21.7. The number of furan rings is 1. The van der Waals surface area contributed by atoms with Gasteiger partial charge < -0.3 is 4.42 Å². The van der Waals surface area contributed by atoms with Gasteiger partial charge in [-0.25, -0.2) is 0 Å². The van der Waals surface area contributed by atoms with Gasteiger partial charge >= 0.3 is 0 Å². The van der Waals surface area contributed by atoms with Crippen LogP contribution < -0.4 is 9.25 Å². The van der Waals surface area contributed by atoms with E-state index in [9.17, 15) is 0 Å². The van der Waals surface area contributed by atoms with E-state index in [1.807, 2.05) is 12.1 Å². The number of hydrogen-bond donors (Lipinski definition) is 0. The Kier molecular flexibility index (Phi) is 4.24. The molecule has 0 atom stereocenters. The van der Waals surface area contributed by atoms with Crippen LogP contribution in [0.2, 0.25) is 0 Å². The van der Waals surface area contributed by atoms with Gasteiger partial charge in [0.1, 0.15) is 18.2 Å². The summed E-state index contributed by atoms with van der Waals surface area (Å²) in [7, 11) is 4.26. The maximum Gasteiger partial charge on any atom is 0.235 e. The molecule has 30 heavy (non-hydrogen) atoms. The monoisotopic (exact) mass is 397 g/mol. The minimum atomic E-state index is 0.406. The van der Waals surface area contributed by atoms with Gasteiger partial charge in [0.25, 0.3) is 0 Å². The maximum absolute atomic E-state index is 6.36. The molecule has 150 valence electrons. The second-order valence-electron chi connectivity index (χ2n) is 8.29. The zero-order valence-corrected chi connectivity index (χ0v) is 18.2. The Labute approximate surface area is 176 Å². The van der Waals surface area contributed by atoms with Crippen LogP contribution in [0.4, 0.5) is 0 Å². The minimum Gasteiger partial charge on any atom is -0.455 e. The van der Waals surface area contributed by atoms with Gasteiger partial charge in [0.15, 0.2) is 17.9 Å². The Bertz CT molecular complexity index is 1410. The Morgan fingerprint density at radius 2 is 1.63 bits per heavy atom. The summed E-state index contributed by atoms with van der Waals surface area (Å²) in [5.74, 6) is 0. The summed E-state index contributed by atoms with van der Waals surface area (Å²) in [5, 5.41) is 2.32. The molecule has 0 saturated carbocycles. The topological polar surface area (TPSA) is 25.8 Å². The molecule has 0 aliphatic carbocycles. The fraction of sp³-hybridized carbons (Fsp3) is 0.231. The molecule has 5 aromatic rings. The van der Waals surface area contributed by atoms with Gasteiger partial charge in [0, 0.05) is 29.0 Å². The standard InChI is InChI=1S/C26H27N3O/c1-17(2)29-16-15-22(28(29)5)21-10-8-11-23(27(21)4)25-18(3)13-14-20-19-9-6-7-12-24(19)30-26(20)25/h6-17H,1-5H3/q+2. The first kappa shape index (κ1) is 18.6. The Hall–Kier alpha value is -3.40. The molecule has 0 N–H and O–H groups in total. The summed E-state index contributed by atoms with van der Waals surface area (Å²) in [6.45, 7) is 6.56. The van der Waals surface area contributed by atoms with Crippen molar-refractivity contribution in [1.82, 2.24) is 4.68 Å². The molecule has 5 rings (SSSR count). The summed E-state index contributed by atoms with van der Waals surface area (Å²) >= 11 is 0. The zero-order chi connectivity index (χ0) is 21.0. The van der Waals surface area contributed by atoms with Crippen LogP contribution in [-0.4, -0.2) is 4.68 Å². The van der Waals surface area contributed by atoms with Gasteiger partial charge in [0.05, 0.1) is 12.6 Å². The first-order valence-electron chi connectivity index (χ1n) is 10.4. The molecule has 0 radical (unpaired) electrons. The van der Waals surface area contributed by atoms with Crippen molar-refractivity contribution in [2.24, 2.45) is 14.1 Å². The van der Waals surface area contributed by atoms with Gasteiger partial charge in [0.2, 0.25) is 11.4 Å². The highest BCUT2D eigenvalue weighted by Gasteiger charge is 2.26. The molecular formula is C26H27N3O+2. The number of nitrogens with zero attached hydrogens (tertiary/aromatic N) is 3. The molecule has 0 aliphatic heterocycles. The van der Waals surface area contributed by atoms with E-state index in [2.05, 4.69) is 104 Å². The zero-order valence-electron chi connectivity index (χ0n) is 18.2. The number of hydrogen-bond acceptors (Lipinski definition) is 1. The largest absolute Gasteiger partial charge is 0.455 e. The van der Waals surface area contributed by atoms with Crippen LogP contribution in [0, 0.1) is 6.92 Å². The summed E-state index contributed by atoms with van der Waals surface area (Å²) in [5.41, 5.74) is 7.74. The lowest BCUT2D eigenvalue weighted by Crippen LogP contribution is -2.44. The second kappa shape index (κ2) is 6.84. The van der Waals surface area contributed by atoms with Crippen molar-refractivity contribution in [2.75, 3.05) is 0 Å². The lowest BCUT2D eigenvalue weighted by molar-refractivity contribution is -0.789. The molecule has 4 nitrogen and oxygen atoms in total. The van der Waals surface area contributed by atoms with E-state index in [1.165, 1.54) is 17.0 Å². The average molecular weight is 398 g/mol. The lowest BCUT2D eigenvalue weighted by atomic mass is 10.00. The van der Waals surface area contributed by atoms with Crippen LogP contribution in [0.15, 0.2) is 71.3 Å². The van der Waals surface area contributed by atoms with Crippen LogP contribution in [-0.2, 0) is 14.1 Å². The van der Waals surface area contributed by atoms with E-state index < -0.39 is 0 Å². The van der Waals surface area contributed by atoms with Crippen molar-refractivity contribution in [2.45, 2.75) is 26.8 Å². The normalized spacial score (nSPS) is 11.8. The van der Waals surface area contributed by atoms with Gasteiger partial charge in [-0.3, -0.25) is 0 Å². The maximum atomic E-state index is 6.36. The third kappa shape index (κ3) is 2.67. The molecule has 0 spiro atoms. The molecule has 0 unspecified atom stereocenters. The van der Waals surface area contributed by atoms with E-state index >= 15 is 0 Å². The number of aryl methyl sites for hydroxylation is 1. The SMILES string of the molecule is Cc1ccc2c(oc3ccccc32)c1-c1cccc(-c2cc[n+](C(C)C)n2C)[n+]1C. The highest BCUT2D eigenvalue weighted by molar-refractivity contribution is 6.09.